The van der Waals surface area contributed by atoms with Crippen LogP contribution in [0.3, 0.4) is 0 Å². The van der Waals surface area contributed by atoms with Crippen LogP contribution in [0, 0.1) is 86.3 Å². The van der Waals surface area contributed by atoms with Gasteiger partial charge in [0.25, 0.3) is 0 Å². The van der Waals surface area contributed by atoms with Gasteiger partial charge in [0.2, 0.25) is 0 Å². The van der Waals surface area contributed by atoms with Crippen molar-refractivity contribution in [3.63, 3.8) is 0 Å². The molecule has 0 amide bonds. The van der Waals surface area contributed by atoms with Crippen LogP contribution in [0.2, 0.25) is 35.2 Å². The van der Waals surface area contributed by atoms with Gasteiger partial charge in [0.05, 0.1) is 30.7 Å². The van der Waals surface area contributed by atoms with Gasteiger partial charge in [-0.25, -0.2) is 39.5 Å². The van der Waals surface area contributed by atoms with Crippen molar-refractivity contribution in [3.05, 3.63) is 134 Å². The molecule has 0 spiro atoms. The molecular weight excluding hydrogens is 870 g/mol. The van der Waals surface area contributed by atoms with Crippen LogP contribution < -0.4 is 61.8 Å². The third kappa shape index (κ3) is 12.7. The van der Waals surface area contributed by atoms with Crippen LogP contribution in [0.15, 0.2) is 24.3 Å². The van der Waals surface area contributed by atoms with E-state index in [4.69, 9.17) is 103 Å². The van der Waals surface area contributed by atoms with Gasteiger partial charge in [0.1, 0.15) is 74.3 Å². The molecule has 0 aliphatic heterocycles. The first-order chi connectivity index (χ1) is 22.3. The summed E-state index contributed by atoms with van der Waals surface area (Å²) in [6.45, 7) is -0.266. The van der Waals surface area contributed by atoms with Gasteiger partial charge in [-0.1, -0.05) is 81.2 Å². The maximum atomic E-state index is 12.8. The number of rotatable bonds is 1. The van der Waals surface area contributed by atoms with Crippen LogP contribution >= 0.6 is 81.2 Å². The number of benzene rings is 4. The summed E-state index contributed by atoms with van der Waals surface area (Å²) in [5.74, 6) is -10.5. The standard InChI is InChI=1S/C7Cl5N.C7Cl2F3N.C7H6F3N.C7H2F3N.FH.K.2H2/c8-3-2(1-13)4(9)6(11)7(12)5(3)10;8-3-5(10)2(1-13)6(11)4(9)7(3)12;2*8-4-1-6(9)5(3-11)7(10)2-4;;;;/h;;1-2H,3,11H2;1-2H;1H;;2*1H/q;;;;;+1;;/p-1. The molecule has 4 rings (SSSR count). The molecule has 0 radical (unpaired) electrons. The summed E-state index contributed by atoms with van der Waals surface area (Å²) in [5, 5.41) is 23.3. The molecule has 2 N–H and O–H groups in total. The van der Waals surface area contributed by atoms with Crippen molar-refractivity contribution >= 4 is 81.2 Å². The summed E-state index contributed by atoms with van der Waals surface area (Å²) < 4.78 is 113. The predicted molar refractivity (Wildman–Crippen MR) is 167 cm³/mol. The zero-order valence-corrected chi connectivity index (χ0v) is 32.3. The Hall–Kier alpha value is -1.72. The first-order valence-electron chi connectivity index (χ1n) is 11.5. The molecule has 0 saturated heterocycles. The molecule has 0 heterocycles. The number of hydrogen-bond donors (Lipinski definition) is 1. The van der Waals surface area contributed by atoms with Crippen LogP contribution in [0.25, 0.3) is 0 Å². The van der Waals surface area contributed by atoms with Crippen molar-refractivity contribution in [3.8, 4) is 18.2 Å². The van der Waals surface area contributed by atoms with Gasteiger partial charge in [-0.2, -0.15) is 15.8 Å². The Morgan fingerprint density at radius 2 is 0.780 bits per heavy atom. The van der Waals surface area contributed by atoms with E-state index in [2.05, 4.69) is 0 Å². The Kier molecular flexibility index (Phi) is 23.2. The van der Waals surface area contributed by atoms with E-state index < -0.39 is 73.5 Å². The minimum absolute atomic E-state index is 0. The van der Waals surface area contributed by atoms with Crippen molar-refractivity contribution in [1.29, 1.82) is 15.8 Å². The fraction of sp³-hybridized carbons (Fsp3) is 0.0357. The van der Waals surface area contributed by atoms with E-state index in [0.29, 0.717) is 24.3 Å². The van der Waals surface area contributed by atoms with Gasteiger partial charge < -0.3 is 10.4 Å². The van der Waals surface area contributed by atoms with Gasteiger partial charge in [-0.15, -0.1) is 0 Å². The molecule has 0 atom stereocenters. The maximum absolute atomic E-state index is 12.8. The number of nitrogens with two attached hydrogens (primary N) is 1. The van der Waals surface area contributed by atoms with Crippen LogP contribution in [0.4, 0.5) is 39.5 Å². The average molecular weight is 882 g/mol. The van der Waals surface area contributed by atoms with E-state index in [1.54, 1.807) is 6.07 Å². The van der Waals surface area contributed by atoms with Crippen molar-refractivity contribution in [1.82, 2.24) is 0 Å². The van der Waals surface area contributed by atoms with Crippen molar-refractivity contribution in [2.24, 2.45) is 5.73 Å². The van der Waals surface area contributed by atoms with E-state index in [9.17, 15) is 39.5 Å². The minimum Gasteiger partial charge on any atom is -1.00 e. The molecule has 0 unspecified atom stereocenters. The van der Waals surface area contributed by atoms with E-state index in [0.717, 1.165) is 0 Å². The normalized spacial score (nSPS) is 9.40. The molecular formula is C28H12Cl7F10KN4. The van der Waals surface area contributed by atoms with Crippen molar-refractivity contribution in [2.45, 2.75) is 6.54 Å². The van der Waals surface area contributed by atoms with Crippen LogP contribution in [0.1, 0.15) is 25.1 Å². The predicted octanol–water partition coefficient (Wildman–Crippen LogP) is 6.15. The summed E-state index contributed by atoms with van der Waals surface area (Å²) in [5.41, 5.74) is 3.00. The summed E-state index contributed by atoms with van der Waals surface area (Å²) in [6.07, 6.45) is 0. The van der Waals surface area contributed by atoms with Crippen molar-refractivity contribution < 1.29 is 98.5 Å². The molecule has 0 fully saturated rings. The first kappa shape index (κ1) is 50.4. The quantitative estimate of drug-likeness (QED) is 0.108. The molecule has 50 heavy (non-hydrogen) atoms. The molecule has 0 aliphatic carbocycles. The van der Waals surface area contributed by atoms with Crippen LogP contribution in [0.5, 0.6) is 0 Å². The second-order valence-corrected chi connectivity index (χ2v) is 10.7. The Balaban J connectivity index is -0.000000289. The average Bonchev–Trinajstić information content (AvgIpc) is 3.02. The fourth-order valence-corrected chi connectivity index (χ4v) is 4.47. The Morgan fingerprint density at radius 1 is 0.480 bits per heavy atom. The molecule has 4 aromatic rings. The minimum atomic E-state index is -1.44. The number of halogens is 17. The molecule has 4 aromatic carbocycles. The van der Waals surface area contributed by atoms with Crippen molar-refractivity contribution in [2.75, 3.05) is 0 Å². The summed E-state index contributed by atoms with van der Waals surface area (Å²) >= 11 is 38.6. The maximum Gasteiger partial charge on any atom is 1.00 e. The molecule has 0 bridgehead atoms. The van der Waals surface area contributed by atoms with E-state index in [1.807, 2.05) is 0 Å². The summed E-state index contributed by atoms with van der Waals surface area (Å²) in [4.78, 5) is 0. The summed E-state index contributed by atoms with van der Waals surface area (Å²) in [7, 11) is 0. The van der Waals surface area contributed by atoms with Gasteiger partial charge in [-0.05, 0) is 0 Å². The van der Waals surface area contributed by atoms with Gasteiger partial charge in [0, 0.05) is 39.2 Å². The molecule has 4 nitrogen and oxygen atoms in total. The van der Waals surface area contributed by atoms with E-state index >= 15 is 0 Å². The van der Waals surface area contributed by atoms with Gasteiger partial charge in [0.15, 0.2) is 17.5 Å². The van der Waals surface area contributed by atoms with Gasteiger partial charge >= 0.3 is 51.4 Å². The third-order valence-electron chi connectivity index (χ3n) is 5.07. The fourth-order valence-electron chi connectivity index (χ4n) is 2.82. The zero-order chi connectivity index (χ0) is 37.2. The monoisotopic (exact) mass is 878 g/mol. The summed E-state index contributed by atoms with van der Waals surface area (Å²) in [6, 6.07) is 6.37. The molecule has 22 heteroatoms. The zero-order valence-electron chi connectivity index (χ0n) is 23.9. The number of nitrogens with zero attached hydrogens (tertiary/aromatic N) is 3. The SMILES string of the molecule is N#Cc1c(Cl)c(Cl)c(Cl)c(Cl)c1Cl.N#Cc1c(F)c(Cl)c(F)c(Cl)c1F.N#Cc1c(F)cc(F)cc1F.NCc1c(F)cc(F)cc1F.[F-].[HH].[HH].[K+]. The second-order valence-electron chi connectivity index (χ2n) is 8.02. The number of hydrogen-bond acceptors (Lipinski definition) is 4. The first-order valence-corrected chi connectivity index (χ1v) is 14.2. The topological polar surface area (TPSA) is 97.4 Å². The molecule has 264 valence electrons. The van der Waals surface area contributed by atoms with Crippen LogP contribution in [-0.4, -0.2) is 0 Å². The van der Waals surface area contributed by atoms with Gasteiger partial charge in [-0.3, -0.25) is 0 Å². The largest absolute Gasteiger partial charge is 1.00 e. The smallest absolute Gasteiger partial charge is 1.00 e. The molecule has 0 aliphatic rings. The Labute approximate surface area is 356 Å². The van der Waals surface area contributed by atoms with E-state index in [1.165, 1.54) is 12.1 Å². The molecule has 0 saturated carbocycles. The Bertz CT molecular complexity index is 1830. The number of nitriles is 3. The third-order valence-corrected chi connectivity index (χ3v) is 8.01. The van der Waals surface area contributed by atoms with E-state index in [-0.39, 0.29) is 102 Å². The molecule has 0 aromatic heterocycles. The van der Waals surface area contributed by atoms with Crippen LogP contribution in [-0.2, 0) is 6.54 Å². The Morgan fingerprint density at radius 3 is 1.08 bits per heavy atom. The second kappa shape index (κ2) is 23.0.